The fourth-order valence-electron chi connectivity index (χ4n) is 2.75. The Balaban J connectivity index is 0.00000312. The molecule has 1 atom stereocenters. The van der Waals surface area contributed by atoms with Gasteiger partial charge in [0.25, 0.3) is 5.91 Å². The Hall–Kier alpha value is -1.83. The molecule has 0 saturated carbocycles. The summed E-state index contributed by atoms with van der Waals surface area (Å²) in [7, 11) is 3.10. The molecule has 1 aromatic carbocycles. The number of hydrogen-bond donors (Lipinski definition) is 1. The van der Waals surface area contributed by atoms with E-state index in [1.807, 2.05) is 13.0 Å². The number of halogens is 1. The summed E-state index contributed by atoms with van der Waals surface area (Å²) >= 11 is 0. The summed E-state index contributed by atoms with van der Waals surface area (Å²) in [5.74, 6) is 0.503. The first-order valence-electron chi connectivity index (χ1n) is 7.95. The molecule has 0 aliphatic carbocycles. The van der Waals surface area contributed by atoms with Gasteiger partial charge in [0.05, 0.1) is 13.7 Å². The summed E-state index contributed by atoms with van der Waals surface area (Å²) in [6, 6.07) is 4.77. The molecule has 2 amide bonds. The first kappa shape index (κ1) is 21.2. The number of ether oxygens (including phenoxy) is 2. The zero-order valence-electron chi connectivity index (χ0n) is 14.9. The Morgan fingerprint density at radius 2 is 1.76 bits per heavy atom. The van der Waals surface area contributed by atoms with Crippen molar-refractivity contribution in [2.24, 2.45) is 5.73 Å². The van der Waals surface area contributed by atoms with Crippen LogP contribution in [0.15, 0.2) is 18.2 Å². The molecular weight excluding hydrogens is 346 g/mol. The van der Waals surface area contributed by atoms with E-state index in [2.05, 4.69) is 0 Å². The van der Waals surface area contributed by atoms with Gasteiger partial charge in [0.2, 0.25) is 5.91 Å². The number of carbonyl (C=O) groups is 2. The third kappa shape index (κ3) is 5.07. The summed E-state index contributed by atoms with van der Waals surface area (Å²) in [6.45, 7) is 4.05. The molecule has 140 valence electrons. The number of carbonyl (C=O) groups excluding carboxylic acids is 2. The molecule has 1 saturated heterocycles. The van der Waals surface area contributed by atoms with Gasteiger partial charge in [-0.2, -0.15) is 0 Å². The van der Waals surface area contributed by atoms with Crippen molar-refractivity contribution >= 4 is 24.2 Å². The minimum absolute atomic E-state index is 0. The largest absolute Gasteiger partial charge is 0.496 e. The Morgan fingerprint density at radius 3 is 2.32 bits per heavy atom. The zero-order valence-corrected chi connectivity index (χ0v) is 15.7. The van der Waals surface area contributed by atoms with E-state index >= 15 is 0 Å². The van der Waals surface area contributed by atoms with Gasteiger partial charge in [-0.25, -0.2) is 0 Å². The SMILES string of the molecule is COCC(N)C(=O)N1CCN(C(=O)c2ccc(C)c(OC)c2)CC1.Cl. The number of nitrogens with two attached hydrogens (primary N) is 1. The molecule has 7 nitrogen and oxygen atoms in total. The Bertz CT molecular complexity index is 604. The summed E-state index contributed by atoms with van der Waals surface area (Å²) in [5.41, 5.74) is 7.35. The molecule has 1 aliphatic heterocycles. The molecule has 25 heavy (non-hydrogen) atoms. The van der Waals surface area contributed by atoms with Crippen molar-refractivity contribution in [3.8, 4) is 5.75 Å². The van der Waals surface area contributed by atoms with Crippen LogP contribution >= 0.6 is 12.4 Å². The van der Waals surface area contributed by atoms with Crippen molar-refractivity contribution < 1.29 is 19.1 Å². The first-order chi connectivity index (χ1) is 11.5. The predicted octanol–water partition coefficient (Wildman–Crippen LogP) is 0.684. The molecule has 1 aliphatic rings. The maximum absolute atomic E-state index is 12.6. The highest BCUT2D eigenvalue weighted by Gasteiger charge is 2.27. The van der Waals surface area contributed by atoms with Gasteiger partial charge in [-0.1, -0.05) is 6.07 Å². The molecule has 0 aromatic heterocycles. The lowest BCUT2D eigenvalue weighted by Gasteiger charge is -2.36. The van der Waals surface area contributed by atoms with Gasteiger partial charge in [-0.3, -0.25) is 9.59 Å². The highest BCUT2D eigenvalue weighted by Crippen LogP contribution is 2.20. The normalized spacial score (nSPS) is 15.4. The maximum atomic E-state index is 12.6. The predicted molar refractivity (Wildman–Crippen MR) is 97.3 cm³/mol. The molecule has 1 aromatic rings. The van der Waals surface area contributed by atoms with Crippen molar-refractivity contribution in [2.75, 3.05) is 47.0 Å². The Labute approximate surface area is 154 Å². The minimum Gasteiger partial charge on any atom is -0.496 e. The average Bonchev–Trinajstić information content (AvgIpc) is 2.61. The van der Waals surface area contributed by atoms with E-state index in [0.717, 1.165) is 5.56 Å². The zero-order chi connectivity index (χ0) is 17.7. The molecule has 1 fully saturated rings. The second-order valence-electron chi connectivity index (χ2n) is 5.86. The topological polar surface area (TPSA) is 85.1 Å². The molecule has 1 unspecified atom stereocenters. The van der Waals surface area contributed by atoms with Gasteiger partial charge in [-0.05, 0) is 24.6 Å². The van der Waals surface area contributed by atoms with Crippen LogP contribution in [0.3, 0.4) is 0 Å². The van der Waals surface area contributed by atoms with Crippen LogP contribution in [-0.2, 0) is 9.53 Å². The summed E-state index contributed by atoms with van der Waals surface area (Å²) in [6.07, 6.45) is 0. The average molecular weight is 372 g/mol. The van der Waals surface area contributed by atoms with Crippen molar-refractivity contribution in [1.82, 2.24) is 9.80 Å². The van der Waals surface area contributed by atoms with E-state index in [1.165, 1.54) is 7.11 Å². The van der Waals surface area contributed by atoms with Crippen LogP contribution in [0.2, 0.25) is 0 Å². The second kappa shape index (κ2) is 9.60. The molecule has 1 heterocycles. The van der Waals surface area contributed by atoms with Crippen LogP contribution in [0.25, 0.3) is 0 Å². The highest BCUT2D eigenvalue weighted by atomic mass is 35.5. The molecular formula is C17H26ClN3O4. The van der Waals surface area contributed by atoms with Gasteiger partial charge in [0.15, 0.2) is 0 Å². The van der Waals surface area contributed by atoms with Gasteiger partial charge in [0.1, 0.15) is 11.8 Å². The number of hydrogen-bond acceptors (Lipinski definition) is 5. The van der Waals surface area contributed by atoms with Crippen molar-refractivity contribution in [3.05, 3.63) is 29.3 Å². The number of methoxy groups -OCH3 is 2. The molecule has 0 bridgehead atoms. The van der Waals surface area contributed by atoms with Crippen LogP contribution in [0.5, 0.6) is 5.75 Å². The van der Waals surface area contributed by atoms with Crippen LogP contribution in [0.4, 0.5) is 0 Å². The smallest absolute Gasteiger partial charge is 0.254 e. The fourth-order valence-corrected chi connectivity index (χ4v) is 2.75. The summed E-state index contributed by atoms with van der Waals surface area (Å²) < 4.78 is 10.2. The molecule has 2 N–H and O–H groups in total. The van der Waals surface area contributed by atoms with Gasteiger partial charge < -0.3 is 25.0 Å². The van der Waals surface area contributed by atoms with Crippen LogP contribution < -0.4 is 10.5 Å². The summed E-state index contributed by atoms with van der Waals surface area (Å²) in [5, 5.41) is 0. The molecule has 0 spiro atoms. The number of aryl methyl sites for hydroxylation is 1. The third-order valence-corrected chi connectivity index (χ3v) is 4.20. The Kier molecular flexibility index (Phi) is 8.15. The molecule has 0 radical (unpaired) electrons. The quantitative estimate of drug-likeness (QED) is 0.822. The molecule has 2 rings (SSSR count). The second-order valence-corrected chi connectivity index (χ2v) is 5.86. The lowest BCUT2D eigenvalue weighted by Crippen LogP contribution is -2.55. The van der Waals surface area contributed by atoms with Crippen LogP contribution in [0.1, 0.15) is 15.9 Å². The first-order valence-corrected chi connectivity index (χ1v) is 7.95. The number of rotatable bonds is 5. The van der Waals surface area contributed by atoms with E-state index in [-0.39, 0.29) is 30.8 Å². The monoisotopic (exact) mass is 371 g/mol. The number of benzene rings is 1. The number of piperazine rings is 1. The third-order valence-electron chi connectivity index (χ3n) is 4.20. The van der Waals surface area contributed by atoms with Gasteiger partial charge in [-0.15, -0.1) is 12.4 Å². The van der Waals surface area contributed by atoms with Crippen molar-refractivity contribution in [3.63, 3.8) is 0 Å². The van der Waals surface area contributed by atoms with E-state index < -0.39 is 6.04 Å². The van der Waals surface area contributed by atoms with Crippen LogP contribution in [0, 0.1) is 6.92 Å². The van der Waals surface area contributed by atoms with E-state index in [4.69, 9.17) is 15.2 Å². The van der Waals surface area contributed by atoms with Crippen molar-refractivity contribution in [1.29, 1.82) is 0 Å². The van der Waals surface area contributed by atoms with E-state index in [0.29, 0.717) is 37.5 Å². The number of nitrogens with zero attached hydrogens (tertiary/aromatic N) is 2. The van der Waals surface area contributed by atoms with Crippen LogP contribution in [-0.4, -0.2) is 74.7 Å². The lowest BCUT2D eigenvalue weighted by atomic mass is 10.1. The van der Waals surface area contributed by atoms with Gasteiger partial charge in [0, 0.05) is 38.9 Å². The minimum atomic E-state index is -0.654. The lowest BCUT2D eigenvalue weighted by molar-refractivity contribution is -0.135. The maximum Gasteiger partial charge on any atom is 0.254 e. The molecule has 8 heteroatoms. The van der Waals surface area contributed by atoms with E-state index in [1.54, 1.807) is 29.0 Å². The number of amides is 2. The highest BCUT2D eigenvalue weighted by molar-refractivity contribution is 5.95. The Morgan fingerprint density at radius 1 is 1.16 bits per heavy atom. The van der Waals surface area contributed by atoms with E-state index in [9.17, 15) is 9.59 Å². The fraction of sp³-hybridized carbons (Fsp3) is 0.529. The van der Waals surface area contributed by atoms with Gasteiger partial charge >= 0.3 is 0 Å². The standard InChI is InChI=1S/C17H25N3O4.ClH/c1-12-4-5-13(10-15(12)24-3)16(21)19-6-8-20(9-7-19)17(22)14(18)11-23-2;/h4-5,10,14H,6-9,11,18H2,1-3H3;1H. The summed E-state index contributed by atoms with van der Waals surface area (Å²) in [4.78, 5) is 28.2. The van der Waals surface area contributed by atoms with Crippen molar-refractivity contribution in [2.45, 2.75) is 13.0 Å².